The number of aliphatic hydroxyl groups is 1. The van der Waals surface area contributed by atoms with Crippen molar-refractivity contribution in [2.75, 3.05) is 18.5 Å². The van der Waals surface area contributed by atoms with E-state index in [-0.39, 0.29) is 24.8 Å². The average molecular weight is 435 g/mol. The van der Waals surface area contributed by atoms with Gasteiger partial charge in [-0.05, 0) is 44.0 Å². The highest BCUT2D eigenvalue weighted by molar-refractivity contribution is 5.81. The largest absolute Gasteiger partial charge is 0.490 e. The summed E-state index contributed by atoms with van der Waals surface area (Å²) in [6, 6.07) is 5.91. The number of nitrogens with one attached hydrogen (secondary N) is 3. The van der Waals surface area contributed by atoms with E-state index in [1.165, 1.54) is 0 Å². The summed E-state index contributed by atoms with van der Waals surface area (Å²) in [5.74, 6) is 1.05. The Morgan fingerprint density at radius 1 is 1.19 bits per heavy atom. The molecule has 0 saturated carbocycles. The van der Waals surface area contributed by atoms with Gasteiger partial charge in [0.15, 0.2) is 0 Å². The predicted molar refractivity (Wildman–Crippen MR) is 123 cm³/mol. The normalized spacial score (nSPS) is 11.3. The number of ether oxygens (including phenoxy) is 1. The monoisotopic (exact) mass is 434 g/mol. The number of pyridine rings is 2. The molecule has 0 aliphatic carbocycles. The maximum absolute atomic E-state index is 12.5. The van der Waals surface area contributed by atoms with E-state index in [1.807, 2.05) is 45.2 Å². The third-order valence-corrected chi connectivity index (χ3v) is 5.03. The Hall–Kier alpha value is -3.72. The van der Waals surface area contributed by atoms with E-state index in [9.17, 15) is 4.79 Å². The van der Waals surface area contributed by atoms with E-state index < -0.39 is 0 Å². The maximum Gasteiger partial charge on any atom is 0.261 e. The minimum absolute atomic E-state index is 0.0510. The number of fused-ring (bicyclic) bond motifs is 1. The zero-order chi connectivity index (χ0) is 22.7. The van der Waals surface area contributed by atoms with Gasteiger partial charge in [-0.25, -0.2) is 9.97 Å². The minimum atomic E-state index is -0.235. The molecule has 9 heteroatoms. The lowest BCUT2D eigenvalue weighted by Gasteiger charge is -2.10. The first-order valence-corrected chi connectivity index (χ1v) is 10.5. The molecule has 4 N–H and O–H groups in total. The van der Waals surface area contributed by atoms with Gasteiger partial charge in [-0.2, -0.15) is 0 Å². The van der Waals surface area contributed by atoms with Crippen LogP contribution in [0.2, 0.25) is 0 Å². The van der Waals surface area contributed by atoms with E-state index >= 15 is 0 Å². The highest BCUT2D eigenvalue weighted by Gasteiger charge is 2.12. The second-order valence-electron chi connectivity index (χ2n) is 7.84. The summed E-state index contributed by atoms with van der Waals surface area (Å²) in [6.45, 7) is 6.05. The van der Waals surface area contributed by atoms with Crippen LogP contribution in [0.5, 0.6) is 5.75 Å². The summed E-state index contributed by atoms with van der Waals surface area (Å²) in [5, 5.41) is 13.0. The highest BCUT2D eigenvalue weighted by Crippen LogP contribution is 2.25. The molecule has 0 amide bonds. The van der Waals surface area contributed by atoms with E-state index in [0.29, 0.717) is 29.4 Å². The van der Waals surface area contributed by atoms with Crippen LogP contribution in [0.1, 0.15) is 30.7 Å². The van der Waals surface area contributed by atoms with E-state index in [1.54, 1.807) is 12.4 Å². The number of H-pyrrole nitrogens is 2. The number of anilines is 1. The van der Waals surface area contributed by atoms with Gasteiger partial charge in [0.05, 0.1) is 24.1 Å². The van der Waals surface area contributed by atoms with Gasteiger partial charge in [-0.15, -0.1) is 0 Å². The number of hydrogen-bond acceptors (Lipinski definition) is 7. The van der Waals surface area contributed by atoms with Gasteiger partial charge < -0.3 is 20.1 Å². The van der Waals surface area contributed by atoms with Crippen molar-refractivity contribution in [3.05, 3.63) is 64.0 Å². The molecule has 0 radical (unpaired) electrons. The number of rotatable bonds is 8. The molecule has 0 atom stereocenters. The first-order chi connectivity index (χ1) is 15.4. The minimum Gasteiger partial charge on any atom is -0.490 e. The molecular weight excluding hydrogens is 408 g/mol. The Morgan fingerprint density at radius 2 is 2.03 bits per heavy atom. The van der Waals surface area contributed by atoms with Crippen LogP contribution in [0.25, 0.3) is 22.3 Å². The van der Waals surface area contributed by atoms with Gasteiger partial charge in [0.1, 0.15) is 18.0 Å². The summed E-state index contributed by atoms with van der Waals surface area (Å²) >= 11 is 0. The lowest BCUT2D eigenvalue weighted by Crippen LogP contribution is -2.18. The SMILES string of the molecule is Cc1nc(-c2cnc(NC(C)C)[nH]c2=O)ccc1Cc1c[nH]c2ncc(OCCO)cc12. The fourth-order valence-corrected chi connectivity index (χ4v) is 3.48. The maximum atomic E-state index is 12.5. The quantitative estimate of drug-likeness (QED) is 0.336. The second kappa shape index (κ2) is 9.19. The average Bonchev–Trinajstić information content (AvgIpc) is 3.15. The van der Waals surface area contributed by atoms with Crippen molar-refractivity contribution in [3.63, 3.8) is 0 Å². The van der Waals surface area contributed by atoms with Gasteiger partial charge in [-0.1, -0.05) is 6.07 Å². The van der Waals surface area contributed by atoms with Crippen LogP contribution in [-0.4, -0.2) is 49.3 Å². The Bertz CT molecular complexity index is 1290. The number of nitrogens with zero attached hydrogens (tertiary/aromatic N) is 3. The smallest absolute Gasteiger partial charge is 0.261 e. The van der Waals surface area contributed by atoms with E-state index in [0.717, 1.165) is 27.9 Å². The molecule has 4 heterocycles. The van der Waals surface area contributed by atoms with Gasteiger partial charge in [0.25, 0.3) is 5.56 Å². The molecule has 166 valence electrons. The van der Waals surface area contributed by atoms with Crippen molar-refractivity contribution in [1.82, 2.24) is 24.9 Å². The molecular formula is C23H26N6O3. The molecule has 4 aromatic heterocycles. The summed E-state index contributed by atoms with van der Waals surface area (Å²) < 4.78 is 5.49. The number of hydrogen-bond donors (Lipinski definition) is 4. The molecule has 0 unspecified atom stereocenters. The molecule has 0 aromatic carbocycles. The third kappa shape index (κ3) is 4.62. The zero-order valence-electron chi connectivity index (χ0n) is 18.3. The lowest BCUT2D eigenvalue weighted by molar-refractivity contribution is 0.201. The molecule has 0 bridgehead atoms. The van der Waals surface area contributed by atoms with Gasteiger partial charge in [0.2, 0.25) is 5.95 Å². The van der Waals surface area contributed by atoms with Crippen molar-refractivity contribution >= 4 is 17.0 Å². The number of aryl methyl sites for hydroxylation is 1. The number of aromatic nitrogens is 5. The number of aliphatic hydroxyl groups excluding tert-OH is 1. The summed E-state index contributed by atoms with van der Waals surface area (Å²) in [5.41, 5.74) is 4.47. The topological polar surface area (TPSA) is 129 Å². The summed E-state index contributed by atoms with van der Waals surface area (Å²) in [6.07, 6.45) is 5.75. The van der Waals surface area contributed by atoms with Gasteiger partial charge in [0, 0.05) is 35.9 Å². The Balaban J connectivity index is 1.59. The van der Waals surface area contributed by atoms with E-state index in [4.69, 9.17) is 9.84 Å². The zero-order valence-corrected chi connectivity index (χ0v) is 18.3. The molecule has 0 saturated heterocycles. The molecule has 32 heavy (non-hydrogen) atoms. The van der Waals surface area contributed by atoms with Crippen LogP contribution in [0.4, 0.5) is 5.95 Å². The van der Waals surface area contributed by atoms with E-state index in [2.05, 4.69) is 30.2 Å². The Kier molecular flexibility index (Phi) is 6.18. The van der Waals surface area contributed by atoms with Crippen molar-refractivity contribution in [2.24, 2.45) is 0 Å². The van der Waals surface area contributed by atoms with Crippen molar-refractivity contribution < 1.29 is 9.84 Å². The Labute approximate surface area is 184 Å². The van der Waals surface area contributed by atoms with Crippen molar-refractivity contribution in [3.8, 4) is 17.0 Å². The van der Waals surface area contributed by atoms with Crippen molar-refractivity contribution in [1.29, 1.82) is 0 Å². The molecule has 9 nitrogen and oxygen atoms in total. The molecule has 0 spiro atoms. The van der Waals surface area contributed by atoms with Crippen LogP contribution < -0.4 is 15.6 Å². The standard InChI is InChI=1S/C23H26N6O3/c1-13(2)27-23-26-12-19(22(31)29-23)20-5-4-15(14(3)28-20)8-16-10-24-21-18(16)9-17(11-25-21)32-7-6-30/h4-5,9-13,30H,6-8H2,1-3H3,(H,24,25)(H2,26,27,29,31). The third-order valence-electron chi connectivity index (χ3n) is 5.03. The predicted octanol–water partition coefficient (Wildman–Crippen LogP) is 2.80. The van der Waals surface area contributed by atoms with Gasteiger partial charge in [-0.3, -0.25) is 14.8 Å². The van der Waals surface area contributed by atoms with Crippen LogP contribution >= 0.6 is 0 Å². The first-order valence-electron chi connectivity index (χ1n) is 10.5. The first kappa shape index (κ1) is 21.5. The van der Waals surface area contributed by atoms with Crippen LogP contribution in [0.15, 0.2) is 41.6 Å². The fraction of sp³-hybridized carbons (Fsp3) is 0.304. The molecule has 0 fully saturated rings. The van der Waals surface area contributed by atoms with Crippen LogP contribution in [0.3, 0.4) is 0 Å². The highest BCUT2D eigenvalue weighted by atomic mass is 16.5. The second-order valence-corrected chi connectivity index (χ2v) is 7.84. The lowest BCUT2D eigenvalue weighted by atomic mass is 10.0. The summed E-state index contributed by atoms with van der Waals surface area (Å²) in [7, 11) is 0. The fourth-order valence-electron chi connectivity index (χ4n) is 3.48. The Morgan fingerprint density at radius 3 is 2.75 bits per heavy atom. The van der Waals surface area contributed by atoms with Gasteiger partial charge >= 0.3 is 0 Å². The number of aromatic amines is 2. The molecule has 0 aliphatic rings. The van der Waals surface area contributed by atoms with Crippen molar-refractivity contribution in [2.45, 2.75) is 33.2 Å². The molecule has 4 rings (SSSR count). The van der Waals surface area contributed by atoms with Crippen LogP contribution in [0, 0.1) is 6.92 Å². The van der Waals surface area contributed by atoms with Crippen LogP contribution in [-0.2, 0) is 6.42 Å². The molecule has 4 aromatic rings. The molecule has 0 aliphatic heterocycles. The summed E-state index contributed by atoms with van der Waals surface area (Å²) in [4.78, 5) is 31.8.